The Morgan fingerprint density at radius 2 is 1.66 bits per heavy atom. The van der Waals surface area contributed by atoms with E-state index in [0.29, 0.717) is 18.7 Å². The van der Waals surface area contributed by atoms with Gasteiger partial charge >= 0.3 is 0 Å². The number of carbonyl (C=O) groups excluding carboxylic acids is 1. The number of piperidine rings is 1. The van der Waals surface area contributed by atoms with Crippen LogP contribution in [-0.4, -0.2) is 63.6 Å². The van der Waals surface area contributed by atoms with Crippen molar-refractivity contribution in [1.29, 1.82) is 0 Å². The fourth-order valence-corrected chi connectivity index (χ4v) is 3.98. The zero-order valence-corrected chi connectivity index (χ0v) is 19.1. The summed E-state index contributed by atoms with van der Waals surface area (Å²) in [5.74, 6) is 1.53. The van der Waals surface area contributed by atoms with E-state index in [-0.39, 0.29) is 11.9 Å². The lowest BCUT2D eigenvalue weighted by atomic mass is 10.0. The molecule has 0 spiro atoms. The van der Waals surface area contributed by atoms with Crippen LogP contribution in [0.25, 0.3) is 0 Å². The van der Waals surface area contributed by atoms with Gasteiger partial charge in [-0.25, -0.2) is 0 Å². The molecule has 3 N–H and O–H groups in total. The minimum Gasteiger partial charge on any atom is -0.497 e. The summed E-state index contributed by atoms with van der Waals surface area (Å²) < 4.78 is 5.32. The van der Waals surface area contributed by atoms with Gasteiger partial charge in [0.25, 0.3) is 5.91 Å². The number of ether oxygens (including phenoxy) is 1. The van der Waals surface area contributed by atoms with Gasteiger partial charge in [0.05, 0.1) is 13.2 Å². The Morgan fingerprint density at radius 1 is 0.969 bits per heavy atom. The van der Waals surface area contributed by atoms with Gasteiger partial charge < -0.3 is 20.7 Å². The number of amides is 1. The number of benzene rings is 2. The first-order valence-corrected chi connectivity index (χ1v) is 11.4. The zero-order chi connectivity index (χ0) is 22.6. The molecule has 1 unspecified atom stereocenters. The number of nitrogens with zero attached hydrogens (tertiary/aromatic N) is 2. The summed E-state index contributed by atoms with van der Waals surface area (Å²) in [5.41, 5.74) is 1.93. The van der Waals surface area contributed by atoms with Gasteiger partial charge in [0.1, 0.15) is 5.75 Å². The predicted octanol–water partition coefficient (Wildman–Crippen LogP) is 2.82. The number of hydrogen-bond acceptors (Lipinski definition) is 4. The van der Waals surface area contributed by atoms with E-state index in [9.17, 15) is 4.79 Å². The number of methoxy groups -OCH3 is 1. The first-order valence-electron chi connectivity index (χ1n) is 11.4. The molecule has 1 aliphatic rings. The molecule has 2 aromatic carbocycles. The maximum absolute atomic E-state index is 12.2. The Bertz CT molecular complexity index is 848. The first kappa shape index (κ1) is 23.6. The van der Waals surface area contributed by atoms with Gasteiger partial charge in [-0.15, -0.1) is 0 Å². The molecule has 1 atom stereocenters. The fraction of sp³-hybridized carbons (Fsp3) is 0.440. The topological polar surface area (TPSA) is 78.0 Å². The predicted molar refractivity (Wildman–Crippen MR) is 129 cm³/mol. The van der Waals surface area contributed by atoms with E-state index in [1.165, 1.54) is 24.8 Å². The van der Waals surface area contributed by atoms with Crippen LogP contribution in [0.15, 0.2) is 59.6 Å². The van der Waals surface area contributed by atoms with Crippen molar-refractivity contribution in [3.05, 3.63) is 65.7 Å². The highest BCUT2D eigenvalue weighted by Gasteiger charge is 2.22. The van der Waals surface area contributed by atoms with Crippen LogP contribution >= 0.6 is 0 Å². The lowest BCUT2D eigenvalue weighted by Gasteiger charge is -2.35. The van der Waals surface area contributed by atoms with Crippen LogP contribution in [0, 0.1) is 0 Å². The van der Waals surface area contributed by atoms with Gasteiger partial charge in [0.15, 0.2) is 5.96 Å². The van der Waals surface area contributed by atoms with Gasteiger partial charge in [-0.1, -0.05) is 36.8 Å². The average Bonchev–Trinajstić information content (AvgIpc) is 2.86. The minimum absolute atomic E-state index is 0.0694. The van der Waals surface area contributed by atoms with Crippen LogP contribution in [0.3, 0.4) is 0 Å². The summed E-state index contributed by atoms with van der Waals surface area (Å²) in [6.45, 7) is 4.08. The highest BCUT2D eigenvalue weighted by Crippen LogP contribution is 2.25. The highest BCUT2D eigenvalue weighted by molar-refractivity contribution is 5.94. The third kappa shape index (κ3) is 6.99. The molecular weight excluding hydrogens is 402 g/mol. The van der Waals surface area contributed by atoms with E-state index in [2.05, 4.69) is 38.0 Å². The van der Waals surface area contributed by atoms with Crippen molar-refractivity contribution in [2.24, 2.45) is 4.99 Å². The first-order chi connectivity index (χ1) is 15.7. The van der Waals surface area contributed by atoms with E-state index in [1.807, 2.05) is 42.5 Å². The molecule has 7 heteroatoms. The number of nitrogens with one attached hydrogen (secondary N) is 3. The summed E-state index contributed by atoms with van der Waals surface area (Å²) in [5, 5.41) is 9.68. The van der Waals surface area contributed by atoms with Crippen LogP contribution in [0.4, 0.5) is 0 Å². The van der Waals surface area contributed by atoms with Crippen LogP contribution in [0.2, 0.25) is 0 Å². The molecule has 0 saturated carbocycles. The van der Waals surface area contributed by atoms with Crippen molar-refractivity contribution < 1.29 is 9.53 Å². The summed E-state index contributed by atoms with van der Waals surface area (Å²) in [7, 11) is 3.46. The molecule has 3 rings (SSSR count). The van der Waals surface area contributed by atoms with Crippen molar-refractivity contribution >= 4 is 11.9 Å². The lowest BCUT2D eigenvalue weighted by molar-refractivity contribution is 0.0954. The van der Waals surface area contributed by atoms with E-state index in [1.54, 1.807) is 14.2 Å². The number of likely N-dealkylation sites (tertiary alicyclic amines) is 1. The summed E-state index contributed by atoms with van der Waals surface area (Å²) >= 11 is 0. The smallest absolute Gasteiger partial charge is 0.251 e. The van der Waals surface area contributed by atoms with Gasteiger partial charge in [-0.2, -0.15) is 0 Å². The standard InChI is InChI=1S/C25H35N5O2/c1-26-25(28-16-15-27-24(31)21-9-5-3-6-10-21)29-19-23(30-17-7-4-8-18-30)20-11-13-22(32-2)14-12-20/h3,5-6,9-14,23H,4,7-8,15-19H2,1-2H3,(H,27,31)(H2,26,28,29). The molecule has 1 heterocycles. The second kappa shape index (κ2) is 12.7. The molecule has 0 aliphatic carbocycles. The molecule has 1 saturated heterocycles. The molecular formula is C25H35N5O2. The number of aliphatic imine (C=N–C) groups is 1. The molecule has 172 valence electrons. The Hall–Kier alpha value is -3.06. The van der Waals surface area contributed by atoms with Gasteiger partial charge in [-0.3, -0.25) is 14.7 Å². The lowest BCUT2D eigenvalue weighted by Crippen LogP contribution is -2.46. The third-order valence-electron chi connectivity index (χ3n) is 5.76. The van der Waals surface area contributed by atoms with Crippen LogP contribution in [0.5, 0.6) is 5.75 Å². The van der Waals surface area contributed by atoms with Crippen LogP contribution < -0.4 is 20.7 Å². The number of rotatable bonds is 9. The normalized spacial score (nSPS) is 15.6. The van der Waals surface area contributed by atoms with Crippen molar-refractivity contribution in [3.63, 3.8) is 0 Å². The SMILES string of the molecule is CN=C(NCCNC(=O)c1ccccc1)NCC(c1ccc(OC)cc1)N1CCCCC1. The quantitative estimate of drug-likeness (QED) is 0.319. The van der Waals surface area contributed by atoms with Crippen LogP contribution in [-0.2, 0) is 0 Å². The molecule has 0 bridgehead atoms. The van der Waals surface area contributed by atoms with Crippen molar-refractivity contribution in [3.8, 4) is 5.75 Å². The van der Waals surface area contributed by atoms with E-state index in [4.69, 9.17) is 4.74 Å². The van der Waals surface area contributed by atoms with Crippen molar-refractivity contribution in [1.82, 2.24) is 20.9 Å². The maximum Gasteiger partial charge on any atom is 0.251 e. The van der Waals surface area contributed by atoms with E-state index in [0.717, 1.165) is 31.3 Å². The Morgan fingerprint density at radius 3 is 2.31 bits per heavy atom. The van der Waals surface area contributed by atoms with Crippen molar-refractivity contribution in [2.75, 3.05) is 46.9 Å². The zero-order valence-electron chi connectivity index (χ0n) is 19.1. The van der Waals surface area contributed by atoms with Gasteiger partial charge in [-0.05, 0) is 55.8 Å². The molecule has 1 aliphatic heterocycles. The Balaban J connectivity index is 1.51. The largest absolute Gasteiger partial charge is 0.497 e. The molecule has 0 radical (unpaired) electrons. The number of carbonyl (C=O) groups is 1. The third-order valence-corrected chi connectivity index (χ3v) is 5.76. The Labute approximate surface area is 191 Å². The van der Waals surface area contributed by atoms with E-state index >= 15 is 0 Å². The Kier molecular flexibility index (Phi) is 9.37. The number of guanidine groups is 1. The second-order valence-electron chi connectivity index (χ2n) is 7.89. The molecule has 2 aromatic rings. The van der Waals surface area contributed by atoms with Crippen LogP contribution in [0.1, 0.15) is 41.2 Å². The minimum atomic E-state index is -0.0694. The monoisotopic (exact) mass is 437 g/mol. The average molecular weight is 438 g/mol. The van der Waals surface area contributed by atoms with E-state index < -0.39 is 0 Å². The summed E-state index contributed by atoms with van der Waals surface area (Å²) in [6.07, 6.45) is 3.78. The molecule has 7 nitrogen and oxygen atoms in total. The highest BCUT2D eigenvalue weighted by atomic mass is 16.5. The summed E-state index contributed by atoms with van der Waals surface area (Å²) in [6, 6.07) is 17.8. The maximum atomic E-state index is 12.2. The molecule has 1 amide bonds. The summed E-state index contributed by atoms with van der Waals surface area (Å²) in [4.78, 5) is 19.0. The fourth-order valence-electron chi connectivity index (χ4n) is 3.98. The van der Waals surface area contributed by atoms with Gasteiger partial charge in [0, 0.05) is 32.2 Å². The molecule has 1 fully saturated rings. The van der Waals surface area contributed by atoms with Crippen molar-refractivity contribution in [2.45, 2.75) is 25.3 Å². The van der Waals surface area contributed by atoms with Gasteiger partial charge in [0.2, 0.25) is 0 Å². The molecule has 32 heavy (non-hydrogen) atoms. The molecule has 0 aromatic heterocycles. The second-order valence-corrected chi connectivity index (χ2v) is 7.89. The number of hydrogen-bond donors (Lipinski definition) is 3.